The molecule has 0 bridgehead atoms. The first kappa shape index (κ1) is 33.2. The number of aliphatic hydroxyl groups excluding tert-OH is 1. The highest BCUT2D eigenvalue weighted by atomic mass is 19.3. The standard InChI is InChI=1S/C25H35F2N5O7/c1-13(2)19(12-34)32-24(39)25(26,27)20(35)18(10-16-8-6-5-7-9-16)31-22(37)15(4)29-21(36)14(3)30-23(38)17(28)11-33/h5-9,12-15,17-19,33H,10-11,28H2,1-4H3,(H,29,36)(H,30,38)(H,31,37)(H,32,39)/t14-,15-,17-,18?,19+/m0/s1. The van der Waals surface area contributed by atoms with Gasteiger partial charge in [0.25, 0.3) is 5.91 Å². The third-order valence-electron chi connectivity index (χ3n) is 5.71. The van der Waals surface area contributed by atoms with Gasteiger partial charge in [0.1, 0.15) is 24.4 Å². The van der Waals surface area contributed by atoms with E-state index in [1.165, 1.54) is 39.8 Å². The van der Waals surface area contributed by atoms with E-state index in [2.05, 4.69) is 16.0 Å². The summed E-state index contributed by atoms with van der Waals surface area (Å²) in [6.45, 7) is 4.87. The molecule has 0 aliphatic heterocycles. The van der Waals surface area contributed by atoms with E-state index < -0.39 is 84.5 Å². The van der Waals surface area contributed by atoms with Crippen LogP contribution in [0.5, 0.6) is 0 Å². The number of alkyl halides is 2. The first-order valence-electron chi connectivity index (χ1n) is 12.2. The number of aldehydes is 1. The molecule has 0 heterocycles. The molecule has 0 fully saturated rings. The molecule has 0 saturated carbocycles. The van der Waals surface area contributed by atoms with Crippen LogP contribution in [-0.2, 0) is 35.2 Å². The number of carbonyl (C=O) groups excluding carboxylic acids is 6. The third-order valence-corrected chi connectivity index (χ3v) is 5.71. The number of hydrogen-bond donors (Lipinski definition) is 6. The Morgan fingerprint density at radius 1 is 0.897 bits per heavy atom. The predicted molar refractivity (Wildman–Crippen MR) is 135 cm³/mol. The Morgan fingerprint density at radius 3 is 1.90 bits per heavy atom. The van der Waals surface area contributed by atoms with Crippen LogP contribution in [0.4, 0.5) is 8.78 Å². The van der Waals surface area contributed by atoms with E-state index in [-0.39, 0.29) is 6.29 Å². The highest BCUT2D eigenvalue weighted by molar-refractivity contribution is 6.11. The summed E-state index contributed by atoms with van der Waals surface area (Å²) in [5, 5.41) is 17.4. The van der Waals surface area contributed by atoms with Crippen molar-refractivity contribution >= 4 is 35.7 Å². The average molecular weight is 556 g/mol. The molecule has 0 aliphatic carbocycles. The van der Waals surface area contributed by atoms with Gasteiger partial charge in [0, 0.05) is 6.42 Å². The summed E-state index contributed by atoms with van der Waals surface area (Å²) < 4.78 is 29.9. The Morgan fingerprint density at radius 2 is 1.41 bits per heavy atom. The minimum absolute atomic E-state index is 0.275. The quantitative estimate of drug-likeness (QED) is 0.112. The van der Waals surface area contributed by atoms with E-state index in [1.54, 1.807) is 18.2 Å². The van der Waals surface area contributed by atoms with Gasteiger partial charge in [0.15, 0.2) is 0 Å². The summed E-state index contributed by atoms with van der Waals surface area (Å²) in [4.78, 5) is 73.2. The van der Waals surface area contributed by atoms with Crippen LogP contribution in [0.25, 0.3) is 0 Å². The number of ketones is 1. The predicted octanol–water partition coefficient (Wildman–Crippen LogP) is -1.41. The molecular formula is C25H35F2N5O7. The molecule has 39 heavy (non-hydrogen) atoms. The highest BCUT2D eigenvalue weighted by Gasteiger charge is 2.51. The van der Waals surface area contributed by atoms with Gasteiger partial charge in [0.2, 0.25) is 23.5 Å². The molecule has 5 atom stereocenters. The van der Waals surface area contributed by atoms with Crippen LogP contribution in [0.2, 0.25) is 0 Å². The van der Waals surface area contributed by atoms with E-state index in [4.69, 9.17) is 10.8 Å². The van der Waals surface area contributed by atoms with E-state index in [1.807, 2.05) is 5.32 Å². The molecule has 1 unspecified atom stereocenters. The fourth-order valence-electron chi connectivity index (χ4n) is 3.16. The number of benzene rings is 1. The molecule has 1 aromatic rings. The lowest BCUT2D eigenvalue weighted by Gasteiger charge is -2.26. The summed E-state index contributed by atoms with van der Waals surface area (Å²) in [5.74, 6) is -11.7. The van der Waals surface area contributed by atoms with Crippen molar-refractivity contribution in [3.8, 4) is 0 Å². The molecule has 0 aliphatic rings. The normalized spacial score (nSPS) is 15.2. The molecule has 0 spiro atoms. The molecule has 216 valence electrons. The second-order valence-electron chi connectivity index (χ2n) is 9.32. The van der Waals surface area contributed by atoms with Crippen molar-refractivity contribution in [2.45, 2.75) is 70.2 Å². The highest BCUT2D eigenvalue weighted by Crippen LogP contribution is 2.20. The summed E-state index contributed by atoms with van der Waals surface area (Å²) in [6, 6.07) is 0.936. The van der Waals surface area contributed by atoms with Crippen LogP contribution in [0.3, 0.4) is 0 Å². The van der Waals surface area contributed by atoms with Crippen molar-refractivity contribution in [2.75, 3.05) is 6.61 Å². The summed E-state index contributed by atoms with van der Waals surface area (Å²) in [6.07, 6.45) is -0.126. The molecular weight excluding hydrogens is 520 g/mol. The Labute approximate surface area is 224 Å². The zero-order valence-corrected chi connectivity index (χ0v) is 22.1. The summed E-state index contributed by atoms with van der Waals surface area (Å²) in [5.41, 5.74) is 5.77. The second-order valence-corrected chi connectivity index (χ2v) is 9.32. The Bertz CT molecular complexity index is 1040. The van der Waals surface area contributed by atoms with E-state index in [9.17, 15) is 37.5 Å². The Kier molecular flexibility index (Phi) is 12.8. The molecule has 1 rings (SSSR count). The number of rotatable bonds is 15. The number of carbonyl (C=O) groups is 6. The van der Waals surface area contributed by atoms with Crippen molar-refractivity contribution in [2.24, 2.45) is 11.7 Å². The van der Waals surface area contributed by atoms with Crippen LogP contribution >= 0.6 is 0 Å². The second kappa shape index (κ2) is 15.0. The molecule has 14 heteroatoms. The molecule has 0 aromatic heterocycles. The lowest BCUT2D eigenvalue weighted by atomic mass is 9.97. The number of hydrogen-bond acceptors (Lipinski definition) is 8. The van der Waals surface area contributed by atoms with E-state index in [0.29, 0.717) is 5.56 Å². The fourth-order valence-corrected chi connectivity index (χ4v) is 3.16. The number of Topliss-reactive ketones (excluding diaryl/α,β-unsaturated/α-hetero) is 1. The van der Waals surface area contributed by atoms with Crippen LogP contribution in [0.15, 0.2) is 30.3 Å². The number of nitrogens with two attached hydrogens (primary N) is 1. The first-order valence-corrected chi connectivity index (χ1v) is 12.2. The zero-order valence-electron chi connectivity index (χ0n) is 22.1. The first-order chi connectivity index (χ1) is 18.1. The number of nitrogens with one attached hydrogen (secondary N) is 4. The lowest BCUT2D eigenvalue weighted by Crippen LogP contribution is -2.59. The van der Waals surface area contributed by atoms with Crippen molar-refractivity contribution < 1.29 is 42.7 Å². The van der Waals surface area contributed by atoms with Gasteiger partial charge in [-0.05, 0) is 25.3 Å². The van der Waals surface area contributed by atoms with Gasteiger partial charge in [-0.15, -0.1) is 0 Å². The van der Waals surface area contributed by atoms with Crippen LogP contribution in [-0.4, -0.2) is 83.5 Å². The molecule has 1 aromatic carbocycles. The third kappa shape index (κ3) is 9.80. The van der Waals surface area contributed by atoms with Gasteiger partial charge in [0.05, 0.1) is 18.7 Å². The van der Waals surface area contributed by atoms with Gasteiger partial charge in [-0.2, -0.15) is 8.78 Å². The number of halogens is 2. The minimum Gasteiger partial charge on any atom is -0.394 e. The summed E-state index contributed by atoms with van der Waals surface area (Å²) >= 11 is 0. The molecule has 0 radical (unpaired) electrons. The number of amides is 4. The Hall–Kier alpha value is -3.78. The van der Waals surface area contributed by atoms with Crippen LogP contribution in [0, 0.1) is 5.92 Å². The van der Waals surface area contributed by atoms with E-state index >= 15 is 0 Å². The van der Waals surface area contributed by atoms with Gasteiger partial charge in [-0.25, -0.2) is 0 Å². The maximum atomic E-state index is 14.9. The zero-order chi connectivity index (χ0) is 29.9. The minimum atomic E-state index is -4.60. The van der Waals surface area contributed by atoms with Crippen molar-refractivity contribution in [1.82, 2.24) is 21.3 Å². The Balaban J connectivity index is 3.06. The monoisotopic (exact) mass is 555 g/mol. The fraction of sp³-hybridized carbons (Fsp3) is 0.520. The van der Waals surface area contributed by atoms with Gasteiger partial charge < -0.3 is 36.9 Å². The largest absolute Gasteiger partial charge is 0.394 e. The molecule has 4 amide bonds. The summed E-state index contributed by atoms with van der Waals surface area (Å²) in [7, 11) is 0. The topological polar surface area (TPSA) is 197 Å². The molecule has 12 nitrogen and oxygen atoms in total. The van der Waals surface area contributed by atoms with Crippen molar-refractivity contribution in [3.05, 3.63) is 35.9 Å². The lowest BCUT2D eigenvalue weighted by molar-refractivity contribution is -0.161. The van der Waals surface area contributed by atoms with Crippen LogP contribution < -0.4 is 27.0 Å². The number of aliphatic hydroxyl groups is 1. The van der Waals surface area contributed by atoms with Gasteiger partial charge >= 0.3 is 5.92 Å². The maximum absolute atomic E-state index is 14.9. The average Bonchev–Trinajstić information content (AvgIpc) is 2.90. The SMILES string of the molecule is CC(C)[C@@H](C=O)NC(=O)C(F)(F)C(=O)C(Cc1ccccc1)NC(=O)[C@H](C)NC(=O)[C@H](C)NC(=O)[C@@H](N)CO. The van der Waals surface area contributed by atoms with Crippen molar-refractivity contribution in [1.29, 1.82) is 0 Å². The van der Waals surface area contributed by atoms with Gasteiger partial charge in [-0.3, -0.25) is 24.0 Å². The smallest absolute Gasteiger partial charge is 0.383 e. The maximum Gasteiger partial charge on any atom is 0.383 e. The molecule has 0 saturated heterocycles. The van der Waals surface area contributed by atoms with Gasteiger partial charge in [-0.1, -0.05) is 44.2 Å². The van der Waals surface area contributed by atoms with Crippen LogP contribution in [0.1, 0.15) is 33.3 Å². The molecule has 7 N–H and O–H groups in total. The van der Waals surface area contributed by atoms with Crippen molar-refractivity contribution in [3.63, 3.8) is 0 Å². The van der Waals surface area contributed by atoms with E-state index in [0.717, 1.165) is 0 Å².